The van der Waals surface area contributed by atoms with E-state index in [1.807, 2.05) is 125 Å². The van der Waals surface area contributed by atoms with Crippen LogP contribution in [-0.4, -0.2) is 24.5 Å². The van der Waals surface area contributed by atoms with Crippen LogP contribution in [0.4, 0.5) is 11.4 Å². The number of anilines is 2. The minimum atomic E-state index is -0.266. The number of aryl methyl sites for hydroxylation is 1. The van der Waals surface area contributed by atoms with Crippen LogP contribution in [0.25, 0.3) is 10.8 Å². The van der Waals surface area contributed by atoms with Gasteiger partial charge in [0.15, 0.2) is 6.61 Å². The number of benzene rings is 5. The summed E-state index contributed by atoms with van der Waals surface area (Å²) in [7, 11) is 0. The van der Waals surface area contributed by atoms with Crippen LogP contribution in [0.1, 0.15) is 47.8 Å². The molecule has 0 bridgehead atoms. The van der Waals surface area contributed by atoms with Gasteiger partial charge >= 0.3 is 0 Å². The number of para-hydroxylation sites is 2. The lowest BCUT2D eigenvalue weighted by Gasteiger charge is -2.43. The van der Waals surface area contributed by atoms with Gasteiger partial charge in [-0.1, -0.05) is 85.8 Å². The highest BCUT2D eigenvalue weighted by molar-refractivity contribution is 6.07. The lowest BCUT2D eigenvalue weighted by Crippen LogP contribution is -2.48. The number of hydrogen-bond acceptors (Lipinski definition) is 3. The molecule has 6 rings (SSSR count). The van der Waals surface area contributed by atoms with Gasteiger partial charge in [-0.25, -0.2) is 0 Å². The third kappa shape index (κ3) is 5.38. The number of carbonyl (C=O) groups is 2. The molecule has 2 amide bonds. The molecule has 0 spiro atoms. The Kier molecular flexibility index (Phi) is 7.74. The number of rotatable bonds is 7. The van der Waals surface area contributed by atoms with Gasteiger partial charge in [0, 0.05) is 23.0 Å². The van der Waals surface area contributed by atoms with Crippen molar-refractivity contribution in [1.29, 1.82) is 0 Å². The molecule has 1 aliphatic rings. The molecule has 0 saturated heterocycles. The maximum atomic E-state index is 14.0. The van der Waals surface area contributed by atoms with Gasteiger partial charge in [0.2, 0.25) is 0 Å². The first-order valence-corrected chi connectivity index (χ1v) is 14.5. The van der Waals surface area contributed by atoms with E-state index in [0.717, 1.165) is 34.1 Å². The van der Waals surface area contributed by atoms with Gasteiger partial charge in [-0.2, -0.15) is 0 Å². The van der Waals surface area contributed by atoms with Crippen molar-refractivity contribution in [2.75, 3.05) is 16.4 Å². The quantitative estimate of drug-likeness (QED) is 0.205. The zero-order valence-electron chi connectivity index (χ0n) is 23.9. The van der Waals surface area contributed by atoms with Crippen molar-refractivity contribution in [2.45, 2.75) is 38.8 Å². The van der Waals surface area contributed by atoms with Crippen LogP contribution in [0.2, 0.25) is 0 Å². The third-order valence-corrected chi connectivity index (χ3v) is 8.09. The zero-order valence-corrected chi connectivity index (χ0v) is 23.9. The van der Waals surface area contributed by atoms with E-state index in [-0.39, 0.29) is 30.5 Å². The van der Waals surface area contributed by atoms with Gasteiger partial charge in [-0.3, -0.25) is 9.59 Å². The Balaban J connectivity index is 1.32. The summed E-state index contributed by atoms with van der Waals surface area (Å²) in [4.78, 5) is 31.6. The summed E-state index contributed by atoms with van der Waals surface area (Å²) in [6, 6.07) is 39.1. The summed E-state index contributed by atoms with van der Waals surface area (Å²) in [5.41, 5.74) is 4.42. The van der Waals surface area contributed by atoms with Crippen LogP contribution < -0.4 is 14.5 Å². The number of nitrogens with zero attached hydrogens (tertiary/aromatic N) is 2. The van der Waals surface area contributed by atoms with Gasteiger partial charge in [0.05, 0.1) is 6.04 Å². The molecule has 5 aromatic carbocycles. The second-order valence-corrected chi connectivity index (χ2v) is 10.8. The normalized spacial score (nSPS) is 16.1. The first-order chi connectivity index (χ1) is 20.5. The number of carbonyl (C=O) groups excluding carboxylic acids is 2. The molecular weight excluding hydrogens is 520 g/mol. The molecule has 0 radical (unpaired) electrons. The van der Waals surface area contributed by atoms with Gasteiger partial charge < -0.3 is 14.5 Å². The van der Waals surface area contributed by atoms with Crippen molar-refractivity contribution >= 4 is 34.0 Å². The predicted octanol–water partition coefficient (Wildman–Crippen LogP) is 7.99. The van der Waals surface area contributed by atoms with E-state index in [1.54, 1.807) is 0 Å². The van der Waals surface area contributed by atoms with Crippen molar-refractivity contribution in [3.05, 3.63) is 138 Å². The fourth-order valence-corrected chi connectivity index (χ4v) is 5.92. The van der Waals surface area contributed by atoms with Crippen LogP contribution in [0.5, 0.6) is 5.75 Å². The number of hydrogen-bond donors (Lipinski definition) is 0. The van der Waals surface area contributed by atoms with Crippen molar-refractivity contribution in [3.63, 3.8) is 0 Å². The molecule has 0 fully saturated rings. The molecule has 210 valence electrons. The molecule has 5 aromatic rings. The highest BCUT2D eigenvalue weighted by Gasteiger charge is 2.39. The lowest BCUT2D eigenvalue weighted by molar-refractivity contribution is -0.121. The van der Waals surface area contributed by atoms with E-state index in [4.69, 9.17) is 4.74 Å². The number of amides is 2. The fraction of sp³-hybridized carbons (Fsp3) is 0.189. The van der Waals surface area contributed by atoms with Crippen molar-refractivity contribution in [2.24, 2.45) is 0 Å². The Morgan fingerprint density at radius 2 is 1.50 bits per heavy atom. The van der Waals surface area contributed by atoms with Crippen LogP contribution in [0.3, 0.4) is 0 Å². The van der Waals surface area contributed by atoms with E-state index in [1.165, 1.54) is 5.56 Å². The zero-order chi connectivity index (χ0) is 29.1. The Bertz CT molecular complexity index is 1710. The van der Waals surface area contributed by atoms with Crippen LogP contribution in [0, 0.1) is 0 Å². The predicted molar refractivity (Wildman–Crippen MR) is 169 cm³/mol. The monoisotopic (exact) mass is 554 g/mol. The summed E-state index contributed by atoms with van der Waals surface area (Å²) >= 11 is 0. The molecule has 0 saturated carbocycles. The Morgan fingerprint density at radius 1 is 0.810 bits per heavy atom. The van der Waals surface area contributed by atoms with E-state index in [9.17, 15) is 9.59 Å². The lowest BCUT2D eigenvalue weighted by atomic mass is 9.89. The standard InChI is InChI=1S/C37H34N2O3/c1-3-27-17-19-29(20-18-27)37(41)38-26(2)23-35(33-15-9-10-16-34(33)38)39(31-13-5-4-6-14-31)36(40)25-42-32-22-21-28-11-7-8-12-30(28)24-32/h4-22,24,26,35H,3,23,25H2,1-2H3. The summed E-state index contributed by atoms with van der Waals surface area (Å²) in [5.74, 6) is 0.475. The largest absolute Gasteiger partial charge is 0.484 e. The van der Waals surface area contributed by atoms with E-state index < -0.39 is 0 Å². The second kappa shape index (κ2) is 11.9. The maximum absolute atomic E-state index is 14.0. The number of ether oxygens (including phenoxy) is 1. The summed E-state index contributed by atoms with van der Waals surface area (Å²) < 4.78 is 6.06. The summed E-state index contributed by atoms with van der Waals surface area (Å²) in [6.07, 6.45) is 1.51. The molecule has 42 heavy (non-hydrogen) atoms. The summed E-state index contributed by atoms with van der Waals surface area (Å²) in [6.45, 7) is 4.06. The summed E-state index contributed by atoms with van der Waals surface area (Å²) in [5, 5.41) is 2.18. The third-order valence-electron chi connectivity index (χ3n) is 8.09. The fourth-order valence-electron chi connectivity index (χ4n) is 5.92. The molecule has 0 aromatic heterocycles. The molecular formula is C37H34N2O3. The molecule has 5 nitrogen and oxygen atoms in total. The maximum Gasteiger partial charge on any atom is 0.265 e. The van der Waals surface area contributed by atoms with Gasteiger partial charge in [0.25, 0.3) is 11.8 Å². The Labute approximate surface area is 247 Å². The highest BCUT2D eigenvalue weighted by Crippen LogP contribution is 2.42. The first-order valence-electron chi connectivity index (χ1n) is 14.5. The minimum absolute atomic E-state index is 0.0340. The number of fused-ring (bicyclic) bond motifs is 2. The minimum Gasteiger partial charge on any atom is -0.484 e. The topological polar surface area (TPSA) is 49.9 Å². The van der Waals surface area contributed by atoms with Crippen molar-refractivity contribution in [1.82, 2.24) is 0 Å². The Morgan fingerprint density at radius 3 is 2.26 bits per heavy atom. The average Bonchev–Trinajstić information content (AvgIpc) is 3.04. The van der Waals surface area contributed by atoms with Crippen molar-refractivity contribution < 1.29 is 14.3 Å². The molecule has 2 unspecified atom stereocenters. The van der Waals surface area contributed by atoms with Crippen LogP contribution >= 0.6 is 0 Å². The molecule has 0 N–H and O–H groups in total. The van der Waals surface area contributed by atoms with Gasteiger partial charge in [-0.15, -0.1) is 0 Å². The molecule has 0 aliphatic carbocycles. The first kappa shape index (κ1) is 27.3. The van der Waals surface area contributed by atoms with E-state index in [0.29, 0.717) is 17.7 Å². The SMILES string of the molecule is CCc1ccc(C(=O)N2c3ccccc3C(N(C(=O)COc3ccc4ccccc4c3)c3ccccc3)CC2C)cc1. The smallest absolute Gasteiger partial charge is 0.265 e. The van der Waals surface area contributed by atoms with Crippen LogP contribution in [0.15, 0.2) is 121 Å². The van der Waals surface area contributed by atoms with Gasteiger partial charge in [-0.05, 0) is 84.1 Å². The van der Waals surface area contributed by atoms with Gasteiger partial charge in [0.1, 0.15) is 5.75 Å². The van der Waals surface area contributed by atoms with E-state index in [2.05, 4.69) is 19.9 Å². The highest BCUT2D eigenvalue weighted by atomic mass is 16.5. The van der Waals surface area contributed by atoms with Crippen molar-refractivity contribution in [3.8, 4) is 5.75 Å². The molecule has 1 heterocycles. The molecule has 2 atom stereocenters. The average molecular weight is 555 g/mol. The molecule has 1 aliphatic heterocycles. The molecule has 5 heteroatoms. The Hall–Kier alpha value is -4.90. The second-order valence-electron chi connectivity index (χ2n) is 10.8. The van der Waals surface area contributed by atoms with E-state index >= 15 is 0 Å². The van der Waals surface area contributed by atoms with Crippen LogP contribution in [-0.2, 0) is 11.2 Å².